The molecule has 0 N–H and O–H groups in total. The van der Waals surface area contributed by atoms with Gasteiger partial charge in [0.05, 0.1) is 0 Å². The smallest absolute Gasteiger partial charge is 0.744 e. The molecule has 1 radical (unpaired) electrons. The molecule has 1 fully saturated rings. The minimum Gasteiger partial charge on any atom is -0.744 e. The van der Waals surface area contributed by atoms with Gasteiger partial charge in [-0.1, -0.05) is 39.0 Å². The molecule has 0 aromatic heterocycles. The predicted molar refractivity (Wildman–Crippen MR) is 70.6 cm³/mol. The topological polar surface area (TPSA) is 69.3 Å². The van der Waals surface area contributed by atoms with Crippen LogP contribution in [-0.2, 0) is 9.46 Å². The molecule has 0 aliphatic heterocycles. The molecule has 0 saturated heterocycles. The van der Waals surface area contributed by atoms with Gasteiger partial charge in [0.15, 0.2) is 0 Å². The van der Waals surface area contributed by atoms with E-state index < -0.39 is 7.82 Å². The van der Waals surface area contributed by atoms with Crippen LogP contribution in [0.15, 0.2) is 18.2 Å². The van der Waals surface area contributed by atoms with Gasteiger partial charge in [-0.25, -0.2) is 0 Å². The molecule has 1 aromatic carbocycles. The largest absolute Gasteiger partial charge is 1.00 e. The van der Waals surface area contributed by atoms with E-state index in [1.165, 1.54) is 0 Å². The Morgan fingerprint density at radius 3 is 2.25 bits per heavy atom. The van der Waals surface area contributed by atoms with Crippen molar-refractivity contribution < 1.29 is 48.4 Å². The van der Waals surface area contributed by atoms with Crippen LogP contribution in [0.3, 0.4) is 0 Å². The minimum absolute atomic E-state index is 0. The van der Waals surface area contributed by atoms with Gasteiger partial charge in [0.2, 0.25) is 0 Å². The summed E-state index contributed by atoms with van der Waals surface area (Å²) in [6, 6.07) is 5.58. The average molecular weight is 305 g/mol. The molecule has 0 unspecified atom stereocenters. The molecule has 1 saturated carbocycles. The monoisotopic (exact) mass is 305 g/mol. The van der Waals surface area contributed by atoms with E-state index in [1.54, 1.807) is 0 Å². The quantitative estimate of drug-likeness (QED) is 0.591. The second kappa shape index (κ2) is 6.95. The molecular formula is C14H19NaO4P. The predicted octanol–water partition coefficient (Wildman–Crippen LogP) is 0.605. The maximum atomic E-state index is 11.0. The Morgan fingerprint density at radius 2 is 1.80 bits per heavy atom. The van der Waals surface area contributed by atoms with Crippen molar-refractivity contribution in [1.29, 1.82) is 0 Å². The van der Waals surface area contributed by atoms with Crippen LogP contribution < -0.4 is 39.0 Å². The summed E-state index contributed by atoms with van der Waals surface area (Å²) < 4.78 is 15.8. The Labute approximate surface area is 142 Å². The van der Waals surface area contributed by atoms with Crippen LogP contribution in [0.1, 0.15) is 56.6 Å². The fraction of sp³-hybridized carbons (Fsp3) is 0.571. The molecule has 6 heteroatoms. The first-order valence-corrected chi connectivity index (χ1v) is 8.10. The van der Waals surface area contributed by atoms with Gasteiger partial charge in [-0.3, -0.25) is 4.57 Å². The molecule has 0 bridgehead atoms. The van der Waals surface area contributed by atoms with Crippen molar-refractivity contribution >= 4 is 7.82 Å². The fourth-order valence-electron chi connectivity index (χ4n) is 2.45. The van der Waals surface area contributed by atoms with Crippen LogP contribution in [0.4, 0.5) is 0 Å². The zero-order chi connectivity index (χ0) is 14.2. The molecule has 2 rings (SSSR count). The summed E-state index contributed by atoms with van der Waals surface area (Å²) in [6.07, 6.45) is 2.30. The summed E-state index contributed by atoms with van der Waals surface area (Å²) in [4.78, 5) is 22.0. The maximum absolute atomic E-state index is 11.0. The van der Waals surface area contributed by atoms with Gasteiger partial charge in [0.1, 0.15) is 5.75 Å². The Hall–Kier alpha value is 0.170. The summed E-state index contributed by atoms with van der Waals surface area (Å²) in [5.74, 6) is 1.15. The van der Waals surface area contributed by atoms with Crippen molar-refractivity contribution in [2.45, 2.75) is 45.4 Å². The van der Waals surface area contributed by atoms with Crippen LogP contribution in [0.5, 0.6) is 5.75 Å². The Bertz CT molecular complexity index is 508. The van der Waals surface area contributed by atoms with Crippen molar-refractivity contribution in [3.63, 3.8) is 0 Å². The number of benzene rings is 1. The van der Waals surface area contributed by atoms with Gasteiger partial charge in [0, 0.05) is 0 Å². The first kappa shape index (κ1) is 18.2. The standard InChI is InChI=1S/C14H20O4P.Na/c1-9(2)12-5-4-6-13(10(3)11-7-8-11)14(12)18-19(15,16)17;/h4-6,9-11H,7-8H2,1-3H3,(H,15,16);/q;+1/p-1/t10-;/m1./s1. The normalized spacial score (nSPS) is 19.1. The maximum Gasteiger partial charge on any atom is 1.00 e. The van der Waals surface area contributed by atoms with Gasteiger partial charge in [-0.15, -0.1) is 4.89 Å². The SMILES string of the molecule is CC(C)c1cccc([C@H](C)C2CC2)c1OP([O])(=O)[O-].[Na+]. The van der Waals surface area contributed by atoms with Crippen LogP contribution in [0.25, 0.3) is 0 Å². The van der Waals surface area contributed by atoms with E-state index in [0.29, 0.717) is 5.92 Å². The molecule has 0 spiro atoms. The van der Waals surface area contributed by atoms with E-state index in [1.807, 2.05) is 32.0 Å². The van der Waals surface area contributed by atoms with E-state index in [2.05, 4.69) is 6.92 Å². The third-order valence-corrected chi connectivity index (χ3v) is 4.13. The molecule has 0 heterocycles. The van der Waals surface area contributed by atoms with E-state index in [-0.39, 0.29) is 47.1 Å². The Morgan fingerprint density at radius 1 is 1.25 bits per heavy atom. The second-order valence-corrected chi connectivity index (χ2v) is 6.66. The van der Waals surface area contributed by atoms with Crippen LogP contribution in [0, 0.1) is 5.92 Å². The number of rotatable bonds is 5. The van der Waals surface area contributed by atoms with Crippen molar-refractivity contribution in [2.24, 2.45) is 5.92 Å². The van der Waals surface area contributed by atoms with E-state index in [4.69, 9.17) is 4.52 Å². The molecule has 4 nitrogen and oxygen atoms in total. The molecule has 20 heavy (non-hydrogen) atoms. The molecule has 105 valence electrons. The first-order chi connectivity index (χ1) is 8.79. The van der Waals surface area contributed by atoms with Crippen LogP contribution >= 0.6 is 7.82 Å². The van der Waals surface area contributed by atoms with Crippen molar-refractivity contribution in [3.05, 3.63) is 29.3 Å². The summed E-state index contributed by atoms with van der Waals surface area (Å²) in [5, 5.41) is 0. The molecule has 1 aliphatic carbocycles. The van der Waals surface area contributed by atoms with Crippen molar-refractivity contribution in [3.8, 4) is 5.75 Å². The van der Waals surface area contributed by atoms with E-state index in [9.17, 15) is 14.4 Å². The summed E-state index contributed by atoms with van der Waals surface area (Å²) >= 11 is 0. The third-order valence-electron chi connectivity index (χ3n) is 3.72. The molecular weight excluding hydrogens is 286 g/mol. The third kappa shape index (κ3) is 4.59. The molecule has 1 aromatic rings. The second-order valence-electron chi connectivity index (χ2n) is 5.58. The van der Waals surface area contributed by atoms with Gasteiger partial charge >= 0.3 is 37.4 Å². The van der Waals surface area contributed by atoms with Gasteiger partial charge < -0.3 is 9.42 Å². The zero-order valence-corrected chi connectivity index (χ0v) is 15.4. The van der Waals surface area contributed by atoms with Crippen LogP contribution in [0.2, 0.25) is 0 Å². The van der Waals surface area contributed by atoms with Crippen molar-refractivity contribution in [1.82, 2.24) is 0 Å². The average Bonchev–Trinajstić information content (AvgIpc) is 3.09. The number of hydrogen-bond donors (Lipinski definition) is 0. The van der Waals surface area contributed by atoms with E-state index >= 15 is 0 Å². The first-order valence-electron chi connectivity index (χ1n) is 6.64. The van der Waals surface area contributed by atoms with Gasteiger partial charge in [-0.2, -0.15) is 0 Å². The molecule has 0 amide bonds. The molecule has 1 atom stereocenters. The summed E-state index contributed by atoms with van der Waals surface area (Å²) in [5.41, 5.74) is 1.61. The van der Waals surface area contributed by atoms with Gasteiger partial charge in [0.25, 0.3) is 0 Å². The Kier molecular flexibility index (Phi) is 6.33. The summed E-state index contributed by atoms with van der Waals surface area (Å²) in [6.45, 7) is 5.97. The number of para-hydroxylation sites is 1. The molecule has 1 aliphatic rings. The summed E-state index contributed by atoms with van der Waals surface area (Å²) in [7, 11) is -5.03. The Balaban J connectivity index is 0.00000200. The van der Waals surface area contributed by atoms with E-state index in [0.717, 1.165) is 24.0 Å². The number of hydrogen-bond acceptors (Lipinski definition) is 3. The van der Waals surface area contributed by atoms with Crippen LogP contribution in [-0.4, -0.2) is 0 Å². The minimum atomic E-state index is -5.03. The fourth-order valence-corrected chi connectivity index (χ4v) is 2.89. The van der Waals surface area contributed by atoms with Gasteiger partial charge in [-0.05, 0) is 41.7 Å². The van der Waals surface area contributed by atoms with Crippen molar-refractivity contribution in [2.75, 3.05) is 0 Å². The zero-order valence-electron chi connectivity index (χ0n) is 12.5.